The van der Waals surface area contributed by atoms with Crippen LogP contribution in [0.15, 0.2) is 53.4 Å². The fourth-order valence-corrected chi connectivity index (χ4v) is 3.03. The SMILES string of the molecule is CCCOc1ccc(S(=O)(=O)Nc2ccc(NC(C)=O)cc2)cc1. The number of carbonyl (C=O) groups excluding carboxylic acids is 1. The number of sulfonamides is 1. The summed E-state index contributed by atoms with van der Waals surface area (Å²) in [5, 5.41) is 2.62. The first-order valence-electron chi connectivity index (χ1n) is 7.54. The first-order valence-corrected chi connectivity index (χ1v) is 9.02. The molecule has 2 N–H and O–H groups in total. The Kier molecular flexibility index (Phi) is 5.81. The lowest BCUT2D eigenvalue weighted by molar-refractivity contribution is -0.114. The highest BCUT2D eigenvalue weighted by Gasteiger charge is 2.14. The molecular weight excluding hydrogens is 328 g/mol. The average molecular weight is 348 g/mol. The Morgan fingerprint density at radius 2 is 1.58 bits per heavy atom. The number of ether oxygens (including phenoxy) is 1. The van der Waals surface area contributed by atoms with Crippen molar-refractivity contribution in [2.75, 3.05) is 16.6 Å². The molecule has 0 saturated carbocycles. The normalized spacial score (nSPS) is 10.9. The first-order chi connectivity index (χ1) is 11.4. The number of benzene rings is 2. The van der Waals surface area contributed by atoms with Gasteiger partial charge < -0.3 is 10.1 Å². The fraction of sp³-hybridized carbons (Fsp3) is 0.235. The smallest absolute Gasteiger partial charge is 0.261 e. The predicted molar refractivity (Wildman–Crippen MR) is 93.8 cm³/mol. The van der Waals surface area contributed by atoms with Crippen molar-refractivity contribution in [1.29, 1.82) is 0 Å². The van der Waals surface area contributed by atoms with Gasteiger partial charge in [-0.15, -0.1) is 0 Å². The molecule has 2 aromatic carbocycles. The van der Waals surface area contributed by atoms with Gasteiger partial charge in [0.2, 0.25) is 5.91 Å². The second kappa shape index (κ2) is 7.83. The number of carbonyl (C=O) groups is 1. The Balaban J connectivity index is 2.08. The van der Waals surface area contributed by atoms with E-state index in [9.17, 15) is 13.2 Å². The van der Waals surface area contributed by atoms with Crippen molar-refractivity contribution >= 4 is 27.3 Å². The zero-order valence-electron chi connectivity index (χ0n) is 13.6. The zero-order valence-corrected chi connectivity index (χ0v) is 14.4. The van der Waals surface area contributed by atoms with E-state index >= 15 is 0 Å². The van der Waals surface area contributed by atoms with Crippen molar-refractivity contribution in [2.24, 2.45) is 0 Å². The third kappa shape index (κ3) is 4.99. The van der Waals surface area contributed by atoms with Crippen LogP contribution < -0.4 is 14.8 Å². The zero-order chi connectivity index (χ0) is 17.6. The van der Waals surface area contributed by atoms with Gasteiger partial charge in [-0.1, -0.05) is 6.92 Å². The molecule has 0 aromatic heterocycles. The molecule has 1 amide bonds. The molecule has 6 nitrogen and oxygen atoms in total. The maximum absolute atomic E-state index is 12.4. The molecule has 2 aromatic rings. The van der Waals surface area contributed by atoms with Gasteiger partial charge in [-0.05, 0) is 55.0 Å². The lowest BCUT2D eigenvalue weighted by Crippen LogP contribution is -2.13. The minimum Gasteiger partial charge on any atom is -0.494 e. The lowest BCUT2D eigenvalue weighted by Gasteiger charge is -2.10. The second-order valence-electron chi connectivity index (χ2n) is 5.18. The monoisotopic (exact) mass is 348 g/mol. The summed E-state index contributed by atoms with van der Waals surface area (Å²) in [6.07, 6.45) is 0.885. The fourth-order valence-electron chi connectivity index (χ4n) is 1.97. The Labute approximate surface area is 141 Å². The summed E-state index contributed by atoms with van der Waals surface area (Å²) >= 11 is 0. The molecule has 7 heteroatoms. The number of nitrogens with one attached hydrogen (secondary N) is 2. The van der Waals surface area contributed by atoms with Gasteiger partial charge >= 0.3 is 0 Å². The first kappa shape index (κ1) is 17.8. The van der Waals surface area contributed by atoms with E-state index < -0.39 is 10.0 Å². The lowest BCUT2D eigenvalue weighted by atomic mass is 10.3. The summed E-state index contributed by atoms with van der Waals surface area (Å²) in [7, 11) is -3.68. The summed E-state index contributed by atoms with van der Waals surface area (Å²) in [6.45, 7) is 4.00. The summed E-state index contributed by atoms with van der Waals surface area (Å²) in [5.74, 6) is 0.448. The summed E-state index contributed by atoms with van der Waals surface area (Å²) in [5.41, 5.74) is 1.01. The molecule has 0 aliphatic carbocycles. The number of anilines is 2. The molecule has 2 rings (SSSR count). The van der Waals surface area contributed by atoms with E-state index in [0.717, 1.165) is 6.42 Å². The van der Waals surface area contributed by atoms with Gasteiger partial charge in [0.15, 0.2) is 0 Å². The van der Waals surface area contributed by atoms with Gasteiger partial charge in [-0.3, -0.25) is 9.52 Å². The highest BCUT2D eigenvalue weighted by Crippen LogP contribution is 2.20. The van der Waals surface area contributed by atoms with Crippen molar-refractivity contribution in [2.45, 2.75) is 25.2 Å². The number of amides is 1. The topological polar surface area (TPSA) is 84.5 Å². The van der Waals surface area contributed by atoms with Crippen molar-refractivity contribution < 1.29 is 17.9 Å². The molecule has 0 aliphatic rings. The maximum Gasteiger partial charge on any atom is 0.261 e. The van der Waals surface area contributed by atoms with E-state index in [0.29, 0.717) is 23.7 Å². The van der Waals surface area contributed by atoms with Gasteiger partial charge in [0, 0.05) is 18.3 Å². The average Bonchev–Trinajstić information content (AvgIpc) is 2.54. The van der Waals surface area contributed by atoms with E-state index in [-0.39, 0.29) is 10.8 Å². The Hall–Kier alpha value is -2.54. The van der Waals surface area contributed by atoms with Crippen LogP contribution in [-0.2, 0) is 14.8 Å². The number of hydrogen-bond donors (Lipinski definition) is 2. The minimum atomic E-state index is -3.68. The molecule has 0 heterocycles. The summed E-state index contributed by atoms with van der Waals surface area (Å²) < 4.78 is 32.7. The molecule has 0 fully saturated rings. The van der Waals surface area contributed by atoms with Gasteiger partial charge in [0.05, 0.1) is 11.5 Å². The van der Waals surface area contributed by atoms with E-state index in [1.165, 1.54) is 19.1 Å². The highest BCUT2D eigenvalue weighted by atomic mass is 32.2. The van der Waals surface area contributed by atoms with E-state index in [1.807, 2.05) is 6.92 Å². The van der Waals surface area contributed by atoms with Crippen LogP contribution in [0.5, 0.6) is 5.75 Å². The van der Waals surface area contributed by atoms with Crippen LogP contribution in [-0.4, -0.2) is 20.9 Å². The molecule has 0 atom stereocenters. The number of rotatable bonds is 7. The minimum absolute atomic E-state index is 0.150. The van der Waals surface area contributed by atoms with Gasteiger partial charge in [0.1, 0.15) is 5.75 Å². The van der Waals surface area contributed by atoms with Gasteiger partial charge in [-0.2, -0.15) is 0 Å². The third-order valence-corrected chi connectivity index (χ3v) is 4.46. The number of hydrogen-bond acceptors (Lipinski definition) is 4. The van der Waals surface area contributed by atoms with E-state index in [1.54, 1.807) is 36.4 Å². The van der Waals surface area contributed by atoms with Crippen molar-refractivity contribution in [1.82, 2.24) is 0 Å². The summed E-state index contributed by atoms with van der Waals surface area (Å²) in [6, 6.07) is 12.7. The third-order valence-electron chi connectivity index (χ3n) is 3.06. The molecule has 0 saturated heterocycles. The maximum atomic E-state index is 12.4. The summed E-state index contributed by atoms with van der Waals surface area (Å²) in [4.78, 5) is 11.1. The Morgan fingerprint density at radius 1 is 1.00 bits per heavy atom. The standard InChI is InChI=1S/C17H20N2O4S/c1-3-12-23-16-8-10-17(11-9-16)24(21,22)19-15-6-4-14(5-7-15)18-13(2)20/h4-11,19H,3,12H2,1-2H3,(H,18,20). The molecule has 0 radical (unpaired) electrons. The van der Waals surface area contributed by atoms with Crippen LogP contribution >= 0.6 is 0 Å². The van der Waals surface area contributed by atoms with Crippen LogP contribution in [0, 0.1) is 0 Å². The molecule has 0 aliphatic heterocycles. The van der Waals surface area contributed by atoms with Crippen LogP contribution in [0.4, 0.5) is 11.4 Å². The molecule has 0 unspecified atom stereocenters. The molecule has 0 bridgehead atoms. The quantitative estimate of drug-likeness (QED) is 0.804. The van der Waals surface area contributed by atoms with Crippen LogP contribution in [0.1, 0.15) is 20.3 Å². The molecular formula is C17H20N2O4S. The molecule has 0 spiro atoms. The van der Waals surface area contributed by atoms with Crippen LogP contribution in [0.2, 0.25) is 0 Å². The largest absolute Gasteiger partial charge is 0.494 e. The van der Waals surface area contributed by atoms with E-state index in [4.69, 9.17) is 4.74 Å². The highest BCUT2D eigenvalue weighted by molar-refractivity contribution is 7.92. The van der Waals surface area contributed by atoms with Gasteiger partial charge in [0.25, 0.3) is 10.0 Å². The molecule has 24 heavy (non-hydrogen) atoms. The second-order valence-corrected chi connectivity index (χ2v) is 6.87. The van der Waals surface area contributed by atoms with Crippen LogP contribution in [0.25, 0.3) is 0 Å². The van der Waals surface area contributed by atoms with Crippen molar-refractivity contribution in [3.8, 4) is 5.75 Å². The predicted octanol–water partition coefficient (Wildman–Crippen LogP) is 3.23. The Morgan fingerprint density at radius 3 is 2.12 bits per heavy atom. The Bertz CT molecular complexity index is 784. The van der Waals surface area contributed by atoms with Crippen LogP contribution in [0.3, 0.4) is 0 Å². The van der Waals surface area contributed by atoms with Gasteiger partial charge in [-0.25, -0.2) is 8.42 Å². The molecule has 128 valence electrons. The van der Waals surface area contributed by atoms with E-state index in [2.05, 4.69) is 10.0 Å². The van der Waals surface area contributed by atoms with Crippen molar-refractivity contribution in [3.05, 3.63) is 48.5 Å². The van der Waals surface area contributed by atoms with Crippen molar-refractivity contribution in [3.63, 3.8) is 0 Å².